The molecule has 39 heavy (non-hydrogen) atoms. The van der Waals surface area contributed by atoms with Gasteiger partial charge in [-0.15, -0.1) is 23.5 Å². The molecule has 0 radical (unpaired) electrons. The van der Waals surface area contributed by atoms with Crippen molar-refractivity contribution in [2.75, 3.05) is 11.5 Å². The summed E-state index contributed by atoms with van der Waals surface area (Å²) in [4.78, 5) is 39.3. The molecular weight excluding hydrogens is 601 g/mol. The molecule has 1 N–H and O–H groups in total. The highest BCUT2D eigenvalue weighted by Gasteiger charge is 2.52. The van der Waals surface area contributed by atoms with Crippen molar-refractivity contribution in [3.8, 4) is 0 Å². The number of hydrogen-bond donors (Lipinski definition) is 1. The lowest BCUT2D eigenvalue weighted by atomic mass is 10.0. The second-order valence-corrected chi connectivity index (χ2v) is 12.1. The maximum Gasteiger partial charge on any atom is 0.253 e. The summed E-state index contributed by atoms with van der Waals surface area (Å²) < 4.78 is 2.05. The number of aromatic nitrogens is 1. The second-order valence-electron chi connectivity index (χ2n) is 8.72. The fraction of sp³-hybridized carbons (Fsp3) is 0.185. The van der Waals surface area contributed by atoms with E-state index >= 15 is 0 Å². The van der Waals surface area contributed by atoms with Crippen LogP contribution in [0.4, 0.5) is 0 Å². The Morgan fingerprint density at radius 2 is 1.87 bits per heavy atom. The van der Waals surface area contributed by atoms with Crippen molar-refractivity contribution in [3.63, 3.8) is 0 Å². The van der Waals surface area contributed by atoms with Gasteiger partial charge in [0.2, 0.25) is 11.4 Å². The summed E-state index contributed by atoms with van der Waals surface area (Å²) in [6.45, 7) is 0.520. The number of carboxylic acid groups (broad SMARTS) is 1. The van der Waals surface area contributed by atoms with Crippen LogP contribution in [-0.4, -0.2) is 45.6 Å². The van der Waals surface area contributed by atoms with Crippen LogP contribution in [0.25, 0.3) is 10.9 Å². The Labute approximate surface area is 247 Å². The number of allylic oxidation sites excluding steroid dienone is 2. The predicted octanol–water partition coefficient (Wildman–Crippen LogP) is 3.84. The second kappa shape index (κ2) is 11.8. The molecule has 7 nitrogen and oxygen atoms in total. The van der Waals surface area contributed by atoms with Gasteiger partial charge in [0.15, 0.2) is 12.7 Å². The number of carboxylic acids is 1. The van der Waals surface area contributed by atoms with E-state index in [9.17, 15) is 19.5 Å². The molecule has 0 spiro atoms. The molecule has 0 unspecified atom stereocenters. The maximum absolute atomic E-state index is 12.9. The number of pyridine rings is 1. The van der Waals surface area contributed by atoms with Gasteiger partial charge in [0.1, 0.15) is 11.4 Å². The van der Waals surface area contributed by atoms with E-state index < -0.39 is 29.2 Å². The molecule has 1 aromatic heterocycles. The standard InChI is InChI=1S/C27H20Cl3N3O4S2/c28-17-11-19(30)21(12-18(17)29)38-14-22(34)31-23-25(35)33-24(27(36)37)16(13-39-26(23)33)7-4-10-32-9-3-6-15-5-1-2-8-20(15)32/h1-9,11-12,23,26H,10,13-14H2,(H-,31,34,36,37)/b7-4+/t23-,26-/m1/s1. The van der Waals surface area contributed by atoms with Crippen LogP contribution in [0.1, 0.15) is 0 Å². The van der Waals surface area contributed by atoms with Crippen molar-refractivity contribution in [2.45, 2.75) is 22.9 Å². The van der Waals surface area contributed by atoms with Gasteiger partial charge in [-0.2, -0.15) is 4.57 Å². The number of fused-ring (bicyclic) bond motifs is 2. The molecule has 0 bridgehead atoms. The average Bonchev–Trinajstić information content (AvgIpc) is 2.92. The van der Waals surface area contributed by atoms with Crippen LogP contribution < -0.4 is 15.0 Å². The number of β-lactam (4-membered cyclic amide) rings is 1. The summed E-state index contributed by atoms with van der Waals surface area (Å²) >= 11 is 20.7. The Bertz CT molecular complexity index is 1560. The van der Waals surface area contributed by atoms with Gasteiger partial charge in [-0.1, -0.05) is 53.0 Å². The number of hydrogen-bond acceptors (Lipinski definition) is 6. The molecular formula is C27H20Cl3N3O4S2. The quantitative estimate of drug-likeness (QED) is 0.178. The number of benzene rings is 2. The Morgan fingerprint density at radius 3 is 2.67 bits per heavy atom. The summed E-state index contributed by atoms with van der Waals surface area (Å²) in [6, 6.07) is 14.2. The molecule has 2 aromatic carbocycles. The van der Waals surface area contributed by atoms with Crippen LogP contribution in [-0.2, 0) is 20.9 Å². The first kappa shape index (κ1) is 27.9. The SMILES string of the molecule is O=C(CSc1cc(Cl)c(Cl)cc1Cl)N[C@@H]1C(=O)N2C(C(=O)[O-])=C(/C=C/C[n+]3cccc4ccccc43)CS[C@H]12. The van der Waals surface area contributed by atoms with E-state index in [1.54, 1.807) is 12.1 Å². The third-order valence-electron chi connectivity index (χ3n) is 6.25. The van der Waals surface area contributed by atoms with Crippen molar-refractivity contribution in [1.29, 1.82) is 0 Å². The molecule has 5 rings (SSSR count). The van der Waals surface area contributed by atoms with Crippen LogP contribution in [0.5, 0.6) is 0 Å². The van der Waals surface area contributed by atoms with Crippen molar-refractivity contribution >= 4 is 87.0 Å². The summed E-state index contributed by atoms with van der Waals surface area (Å²) in [6.07, 6.45) is 5.53. The normalized spacial score (nSPS) is 18.8. The minimum atomic E-state index is -1.43. The van der Waals surface area contributed by atoms with E-state index in [2.05, 4.69) is 5.32 Å². The number of rotatable bonds is 8. The largest absolute Gasteiger partial charge is 0.543 e. The predicted molar refractivity (Wildman–Crippen MR) is 153 cm³/mol. The lowest BCUT2D eigenvalue weighted by molar-refractivity contribution is -0.661. The van der Waals surface area contributed by atoms with Gasteiger partial charge in [0.25, 0.3) is 5.91 Å². The highest BCUT2D eigenvalue weighted by atomic mass is 35.5. The number of carbonyl (C=O) groups is 3. The molecule has 1 fully saturated rings. The molecule has 2 aliphatic heterocycles. The first-order valence-corrected chi connectivity index (χ1v) is 14.9. The highest BCUT2D eigenvalue weighted by molar-refractivity contribution is 8.00. The van der Waals surface area contributed by atoms with E-state index in [-0.39, 0.29) is 11.4 Å². The number of halogens is 3. The van der Waals surface area contributed by atoms with Crippen LogP contribution in [0.2, 0.25) is 15.1 Å². The minimum Gasteiger partial charge on any atom is -0.543 e. The Morgan fingerprint density at radius 1 is 1.13 bits per heavy atom. The number of aliphatic carboxylic acids is 1. The van der Waals surface area contributed by atoms with Crippen molar-refractivity contribution in [1.82, 2.24) is 10.2 Å². The maximum atomic E-state index is 12.9. The number of nitrogens with zero attached hydrogens (tertiary/aromatic N) is 2. The van der Waals surface area contributed by atoms with Gasteiger partial charge < -0.3 is 15.2 Å². The van der Waals surface area contributed by atoms with Crippen LogP contribution >= 0.6 is 58.3 Å². The Hall–Kier alpha value is -2.69. The number of para-hydroxylation sites is 1. The molecule has 2 atom stereocenters. The van der Waals surface area contributed by atoms with Crippen LogP contribution in [0, 0.1) is 0 Å². The number of nitrogens with one attached hydrogen (secondary N) is 1. The molecule has 0 aliphatic carbocycles. The molecule has 3 heterocycles. The smallest absolute Gasteiger partial charge is 0.253 e. The van der Waals surface area contributed by atoms with Gasteiger partial charge in [-0.3, -0.25) is 14.5 Å². The zero-order chi connectivity index (χ0) is 27.7. The summed E-state index contributed by atoms with van der Waals surface area (Å²) in [5.74, 6) is -1.97. The Balaban J connectivity index is 1.24. The van der Waals surface area contributed by atoms with Gasteiger partial charge in [-0.05, 0) is 35.9 Å². The molecule has 1 saturated heterocycles. The lowest BCUT2D eigenvalue weighted by Gasteiger charge is -2.50. The summed E-state index contributed by atoms with van der Waals surface area (Å²) in [7, 11) is 0. The van der Waals surface area contributed by atoms with Crippen LogP contribution in [0.15, 0.2) is 83.0 Å². The third-order valence-corrected chi connectivity index (χ3v) is 9.75. The van der Waals surface area contributed by atoms with Crippen molar-refractivity contribution < 1.29 is 24.1 Å². The van der Waals surface area contributed by atoms with E-state index in [1.807, 2.05) is 53.2 Å². The van der Waals surface area contributed by atoms with Gasteiger partial charge in [0.05, 0.1) is 32.5 Å². The molecule has 12 heteroatoms. The molecule has 2 aliphatic rings. The van der Waals surface area contributed by atoms with E-state index in [0.29, 0.717) is 37.8 Å². The monoisotopic (exact) mass is 619 g/mol. The molecule has 0 saturated carbocycles. The Kier molecular flexibility index (Phi) is 8.44. The van der Waals surface area contributed by atoms with Crippen molar-refractivity contribution in [3.05, 3.63) is 93.2 Å². The molecule has 2 amide bonds. The number of carbonyl (C=O) groups excluding carboxylic acids is 3. The number of amides is 2. The van der Waals surface area contributed by atoms with E-state index in [0.717, 1.165) is 22.7 Å². The van der Waals surface area contributed by atoms with Gasteiger partial charge in [-0.25, -0.2) is 0 Å². The first-order valence-electron chi connectivity index (χ1n) is 11.7. The lowest BCUT2D eigenvalue weighted by Crippen LogP contribution is -2.71. The average molecular weight is 621 g/mol. The first-order chi connectivity index (χ1) is 18.7. The fourth-order valence-corrected chi connectivity index (χ4v) is 7.28. The van der Waals surface area contributed by atoms with Gasteiger partial charge >= 0.3 is 0 Å². The third kappa shape index (κ3) is 5.78. The summed E-state index contributed by atoms with van der Waals surface area (Å²) in [5.41, 5.74) is 1.37. The molecule has 3 aromatic rings. The van der Waals surface area contributed by atoms with Crippen molar-refractivity contribution in [2.24, 2.45) is 0 Å². The van der Waals surface area contributed by atoms with E-state index in [4.69, 9.17) is 34.8 Å². The zero-order valence-electron chi connectivity index (χ0n) is 20.1. The zero-order valence-corrected chi connectivity index (χ0v) is 24.0. The topological polar surface area (TPSA) is 93.4 Å². The van der Waals surface area contributed by atoms with Gasteiger partial charge in [0, 0.05) is 28.2 Å². The highest BCUT2D eigenvalue weighted by Crippen LogP contribution is 2.40. The fourth-order valence-electron chi connectivity index (χ4n) is 4.42. The van der Waals surface area contributed by atoms with E-state index in [1.165, 1.54) is 22.7 Å². The van der Waals surface area contributed by atoms with Crippen LogP contribution in [0.3, 0.4) is 0 Å². The minimum absolute atomic E-state index is 0.0121. The molecule has 200 valence electrons. The number of thioether (sulfide) groups is 2. The summed E-state index contributed by atoms with van der Waals surface area (Å²) in [5, 5.41) is 16.3.